The van der Waals surface area contributed by atoms with Crippen LogP contribution >= 0.6 is 11.6 Å². The Kier molecular flexibility index (Phi) is 2.72. The van der Waals surface area contributed by atoms with Gasteiger partial charge in [-0.1, -0.05) is 17.7 Å². The zero-order valence-electron chi connectivity index (χ0n) is 10.3. The van der Waals surface area contributed by atoms with Gasteiger partial charge >= 0.3 is 0 Å². The molecule has 0 saturated heterocycles. The number of benzene rings is 1. The molecule has 96 valence electrons. The van der Waals surface area contributed by atoms with Crippen molar-refractivity contribution in [1.82, 2.24) is 0 Å². The molecule has 1 aromatic rings. The minimum absolute atomic E-state index is 0.00452. The fraction of sp³-hybridized carbons (Fsp3) is 0.462. The second-order valence-electron chi connectivity index (χ2n) is 4.98. The average molecular weight is 266 g/mol. The predicted molar refractivity (Wildman–Crippen MR) is 73.2 cm³/mol. The van der Waals surface area contributed by atoms with E-state index in [1.54, 1.807) is 7.11 Å². The third-order valence-electron chi connectivity index (χ3n) is 3.85. The van der Waals surface area contributed by atoms with Crippen molar-refractivity contribution in [2.24, 2.45) is 10.7 Å². The van der Waals surface area contributed by atoms with Gasteiger partial charge in [0.2, 0.25) is 0 Å². The van der Waals surface area contributed by atoms with Crippen molar-refractivity contribution < 1.29 is 4.74 Å². The van der Waals surface area contributed by atoms with E-state index in [0.717, 1.165) is 25.1 Å². The Morgan fingerprint density at radius 3 is 2.94 bits per heavy atom. The summed E-state index contributed by atoms with van der Waals surface area (Å²) in [5.74, 6) is 0.576. The minimum atomic E-state index is -0.00452. The van der Waals surface area contributed by atoms with Gasteiger partial charge in [0.25, 0.3) is 0 Å². The molecule has 5 heteroatoms. The molecule has 0 amide bonds. The summed E-state index contributed by atoms with van der Waals surface area (Å²) >= 11 is 6.05. The lowest BCUT2D eigenvalue weighted by Gasteiger charge is -2.50. The van der Waals surface area contributed by atoms with Crippen molar-refractivity contribution in [1.29, 1.82) is 0 Å². The van der Waals surface area contributed by atoms with E-state index in [2.05, 4.69) is 9.89 Å². The second-order valence-corrected chi connectivity index (χ2v) is 5.42. The largest absolute Gasteiger partial charge is 0.381 e. The molecular weight excluding hydrogens is 250 g/mol. The monoisotopic (exact) mass is 265 g/mol. The fourth-order valence-corrected chi connectivity index (χ4v) is 3.08. The lowest BCUT2D eigenvalue weighted by molar-refractivity contribution is -0.00652. The maximum Gasteiger partial charge on any atom is 0.196 e. The number of anilines is 1. The quantitative estimate of drug-likeness (QED) is 0.890. The van der Waals surface area contributed by atoms with Crippen LogP contribution in [0.1, 0.15) is 12.8 Å². The lowest BCUT2D eigenvalue weighted by Crippen LogP contribution is -2.61. The van der Waals surface area contributed by atoms with Gasteiger partial charge in [-0.15, -0.1) is 0 Å². The summed E-state index contributed by atoms with van der Waals surface area (Å²) in [6.07, 6.45) is 2.23. The third kappa shape index (κ3) is 1.68. The van der Waals surface area contributed by atoms with Crippen molar-refractivity contribution in [3.63, 3.8) is 0 Å². The van der Waals surface area contributed by atoms with Crippen molar-refractivity contribution >= 4 is 23.2 Å². The van der Waals surface area contributed by atoms with Gasteiger partial charge in [0.05, 0.1) is 18.2 Å². The Labute approximate surface area is 111 Å². The van der Waals surface area contributed by atoms with E-state index in [0.29, 0.717) is 17.1 Å². The molecule has 0 atom stereocenters. The van der Waals surface area contributed by atoms with E-state index in [-0.39, 0.29) is 5.54 Å². The normalized spacial score (nSPS) is 30.4. The Bertz CT molecular complexity index is 497. The molecule has 4 nitrogen and oxygen atoms in total. The standard InChI is InChI=1S/C13H16ClN3O/c1-18-11-6-13(7-11)8-16-12(15)17(13)10-4-2-3-9(14)5-10/h2-5,11H,6-8H2,1H3,(H2,15,16). The van der Waals surface area contributed by atoms with Crippen molar-refractivity contribution in [2.45, 2.75) is 24.5 Å². The maximum absolute atomic E-state index is 6.05. The second kappa shape index (κ2) is 4.14. The van der Waals surface area contributed by atoms with Crippen molar-refractivity contribution in [2.75, 3.05) is 18.6 Å². The van der Waals surface area contributed by atoms with E-state index in [1.807, 2.05) is 24.3 Å². The number of aliphatic imine (C=N–C) groups is 1. The number of methoxy groups -OCH3 is 1. The first-order valence-electron chi connectivity index (χ1n) is 6.03. The van der Waals surface area contributed by atoms with Gasteiger partial charge in [-0.05, 0) is 31.0 Å². The van der Waals surface area contributed by atoms with Gasteiger partial charge < -0.3 is 15.4 Å². The highest BCUT2D eigenvalue weighted by molar-refractivity contribution is 6.31. The van der Waals surface area contributed by atoms with Gasteiger partial charge in [0.15, 0.2) is 5.96 Å². The highest BCUT2D eigenvalue weighted by atomic mass is 35.5. The van der Waals surface area contributed by atoms with Crippen LogP contribution in [-0.4, -0.2) is 31.3 Å². The van der Waals surface area contributed by atoms with Gasteiger partial charge in [-0.2, -0.15) is 0 Å². The van der Waals surface area contributed by atoms with E-state index in [9.17, 15) is 0 Å². The average Bonchev–Trinajstić information content (AvgIpc) is 2.64. The molecule has 2 aliphatic rings. The zero-order valence-corrected chi connectivity index (χ0v) is 11.0. The molecule has 0 unspecified atom stereocenters. The van der Waals surface area contributed by atoms with Crippen LogP contribution in [0.3, 0.4) is 0 Å². The van der Waals surface area contributed by atoms with E-state index in [1.165, 1.54) is 0 Å². The molecule has 0 radical (unpaired) electrons. The smallest absolute Gasteiger partial charge is 0.196 e. The van der Waals surface area contributed by atoms with Crippen molar-refractivity contribution in [3.05, 3.63) is 29.3 Å². The number of hydrogen-bond acceptors (Lipinski definition) is 4. The molecule has 1 saturated carbocycles. The summed E-state index contributed by atoms with van der Waals surface area (Å²) in [4.78, 5) is 6.49. The van der Waals surface area contributed by atoms with Crippen LogP contribution in [0.25, 0.3) is 0 Å². The molecular formula is C13H16ClN3O. The summed E-state index contributed by atoms with van der Waals surface area (Å²) in [5, 5.41) is 0.713. The number of guanidine groups is 1. The summed E-state index contributed by atoms with van der Waals surface area (Å²) in [5.41, 5.74) is 7.03. The van der Waals surface area contributed by atoms with Gasteiger partial charge in [0, 0.05) is 17.8 Å². The van der Waals surface area contributed by atoms with Crippen LogP contribution in [0.15, 0.2) is 29.3 Å². The summed E-state index contributed by atoms with van der Waals surface area (Å²) in [7, 11) is 1.75. The van der Waals surface area contributed by atoms with E-state index in [4.69, 9.17) is 22.1 Å². The summed E-state index contributed by atoms with van der Waals surface area (Å²) < 4.78 is 5.37. The molecule has 3 rings (SSSR count). The van der Waals surface area contributed by atoms with Crippen molar-refractivity contribution in [3.8, 4) is 0 Å². The SMILES string of the molecule is COC1CC2(CN=C(N)N2c2cccc(Cl)c2)C1. The molecule has 0 aromatic heterocycles. The molecule has 1 spiro atoms. The number of nitrogens with two attached hydrogens (primary N) is 1. The first-order chi connectivity index (χ1) is 8.64. The minimum Gasteiger partial charge on any atom is -0.381 e. The molecule has 1 aliphatic carbocycles. The molecule has 1 heterocycles. The van der Waals surface area contributed by atoms with Crippen LogP contribution in [0.2, 0.25) is 5.02 Å². The van der Waals surface area contributed by atoms with Crippen LogP contribution in [0.4, 0.5) is 5.69 Å². The molecule has 0 bridgehead atoms. The topological polar surface area (TPSA) is 50.9 Å². The summed E-state index contributed by atoms with van der Waals surface area (Å²) in [6.45, 7) is 0.741. The molecule has 18 heavy (non-hydrogen) atoms. The Balaban J connectivity index is 1.91. The fourth-order valence-electron chi connectivity index (χ4n) is 2.90. The Morgan fingerprint density at radius 1 is 1.50 bits per heavy atom. The highest BCUT2D eigenvalue weighted by Crippen LogP contribution is 2.44. The predicted octanol–water partition coefficient (Wildman–Crippen LogP) is 2.02. The lowest BCUT2D eigenvalue weighted by atomic mass is 9.73. The van der Waals surface area contributed by atoms with Crippen LogP contribution in [0, 0.1) is 0 Å². The van der Waals surface area contributed by atoms with Crippen LogP contribution < -0.4 is 10.6 Å². The van der Waals surface area contributed by atoms with Gasteiger partial charge in [0.1, 0.15) is 0 Å². The Hall–Kier alpha value is -1.26. The summed E-state index contributed by atoms with van der Waals surface area (Å²) in [6, 6.07) is 7.74. The van der Waals surface area contributed by atoms with Crippen LogP contribution in [-0.2, 0) is 4.74 Å². The first kappa shape index (κ1) is 11.8. The van der Waals surface area contributed by atoms with E-state index >= 15 is 0 Å². The van der Waals surface area contributed by atoms with Gasteiger partial charge in [-0.25, -0.2) is 0 Å². The first-order valence-corrected chi connectivity index (χ1v) is 6.41. The number of hydrogen-bond donors (Lipinski definition) is 1. The number of nitrogens with zero attached hydrogens (tertiary/aromatic N) is 2. The molecule has 2 N–H and O–H groups in total. The molecule has 1 aromatic carbocycles. The number of rotatable bonds is 2. The number of halogens is 1. The molecule has 1 aliphatic heterocycles. The van der Waals surface area contributed by atoms with Gasteiger partial charge in [-0.3, -0.25) is 4.99 Å². The molecule has 1 fully saturated rings. The van der Waals surface area contributed by atoms with Crippen LogP contribution in [0.5, 0.6) is 0 Å². The highest BCUT2D eigenvalue weighted by Gasteiger charge is 2.53. The van der Waals surface area contributed by atoms with E-state index < -0.39 is 0 Å². The zero-order chi connectivity index (χ0) is 12.8. The number of ether oxygens (including phenoxy) is 1. The Morgan fingerprint density at radius 2 is 2.28 bits per heavy atom. The third-order valence-corrected chi connectivity index (χ3v) is 4.09. The maximum atomic E-state index is 6.05.